The molecule has 1 aliphatic rings. The van der Waals surface area contributed by atoms with Gasteiger partial charge in [-0.15, -0.1) is 21.5 Å². The van der Waals surface area contributed by atoms with E-state index < -0.39 is 0 Å². The molecule has 5 rings (SSSR count). The van der Waals surface area contributed by atoms with Crippen LogP contribution in [0.2, 0.25) is 0 Å². The van der Waals surface area contributed by atoms with E-state index in [0.29, 0.717) is 28.2 Å². The van der Waals surface area contributed by atoms with E-state index in [1.165, 1.54) is 41.7 Å². The predicted molar refractivity (Wildman–Crippen MR) is 120 cm³/mol. The Morgan fingerprint density at radius 2 is 1.94 bits per heavy atom. The van der Waals surface area contributed by atoms with Crippen LogP contribution in [0.1, 0.15) is 34.8 Å². The number of thiazole rings is 1. The van der Waals surface area contributed by atoms with E-state index in [1.54, 1.807) is 30.5 Å². The number of hydrogen-bond donors (Lipinski definition) is 0. The van der Waals surface area contributed by atoms with E-state index >= 15 is 0 Å². The molecule has 0 radical (unpaired) electrons. The first-order chi connectivity index (χ1) is 15.7. The standard InChI is InChI=1S/C22H20FN5O2S2/c23-15-6-8-16(9-7-15)28-20(18-5-4-12-30-18)25-26-22(28)32-14-19-24-17(13-31-19)21(29)27-10-2-1-3-11-27/h4-9,12-13H,1-3,10-11,14H2. The van der Waals surface area contributed by atoms with Gasteiger partial charge in [-0.25, -0.2) is 9.37 Å². The number of halogens is 1. The molecule has 0 bridgehead atoms. The highest BCUT2D eigenvalue weighted by atomic mass is 32.2. The Hall–Kier alpha value is -2.98. The molecule has 0 unspecified atom stereocenters. The molecule has 7 nitrogen and oxygen atoms in total. The number of carbonyl (C=O) groups is 1. The Balaban J connectivity index is 1.36. The third kappa shape index (κ3) is 4.33. The topological polar surface area (TPSA) is 77.0 Å². The molecule has 10 heteroatoms. The molecule has 4 aromatic rings. The predicted octanol–water partition coefficient (Wildman–Crippen LogP) is 5.04. The van der Waals surface area contributed by atoms with E-state index in [1.807, 2.05) is 14.8 Å². The SMILES string of the molecule is O=C(c1csc(CSc2nnc(-c3ccco3)n2-c2ccc(F)cc2)n1)N1CCCCC1. The monoisotopic (exact) mass is 469 g/mol. The fourth-order valence-corrected chi connectivity index (χ4v) is 5.35. The van der Waals surface area contributed by atoms with Crippen molar-refractivity contribution < 1.29 is 13.6 Å². The lowest BCUT2D eigenvalue weighted by Gasteiger charge is -2.25. The van der Waals surface area contributed by atoms with Crippen LogP contribution in [-0.4, -0.2) is 43.6 Å². The van der Waals surface area contributed by atoms with Gasteiger partial charge < -0.3 is 9.32 Å². The average molecular weight is 470 g/mol. The first-order valence-corrected chi connectivity index (χ1v) is 12.2. The Morgan fingerprint density at radius 3 is 2.69 bits per heavy atom. The van der Waals surface area contributed by atoms with E-state index in [4.69, 9.17) is 4.42 Å². The molecule has 164 valence electrons. The third-order valence-electron chi connectivity index (χ3n) is 5.20. The quantitative estimate of drug-likeness (QED) is 0.368. The van der Waals surface area contributed by atoms with Crippen LogP contribution >= 0.6 is 23.1 Å². The second-order valence-electron chi connectivity index (χ2n) is 7.36. The van der Waals surface area contributed by atoms with Crippen molar-refractivity contribution in [2.75, 3.05) is 13.1 Å². The summed E-state index contributed by atoms with van der Waals surface area (Å²) < 4.78 is 20.8. The molecule has 0 atom stereocenters. The number of aromatic nitrogens is 4. The van der Waals surface area contributed by atoms with Gasteiger partial charge in [-0.1, -0.05) is 11.8 Å². The van der Waals surface area contributed by atoms with Crippen LogP contribution in [0.4, 0.5) is 4.39 Å². The minimum atomic E-state index is -0.315. The molecule has 0 N–H and O–H groups in total. The first kappa shape index (κ1) is 20.9. The molecule has 32 heavy (non-hydrogen) atoms. The Labute approximate surface area is 192 Å². The Bertz CT molecular complexity index is 1200. The number of piperidine rings is 1. The summed E-state index contributed by atoms with van der Waals surface area (Å²) in [6.45, 7) is 1.60. The third-order valence-corrected chi connectivity index (χ3v) is 7.17. The molecule has 0 aliphatic carbocycles. The van der Waals surface area contributed by atoms with Crippen LogP contribution in [0, 0.1) is 5.82 Å². The number of likely N-dealkylation sites (tertiary alicyclic amines) is 1. The molecule has 1 fully saturated rings. The van der Waals surface area contributed by atoms with Gasteiger partial charge in [0.25, 0.3) is 5.91 Å². The maximum Gasteiger partial charge on any atom is 0.273 e. The normalized spacial score (nSPS) is 14.1. The summed E-state index contributed by atoms with van der Waals surface area (Å²) in [6, 6.07) is 9.73. The minimum absolute atomic E-state index is 0.00628. The van der Waals surface area contributed by atoms with E-state index in [-0.39, 0.29) is 11.7 Å². The summed E-state index contributed by atoms with van der Waals surface area (Å²) in [6.07, 6.45) is 4.85. The minimum Gasteiger partial charge on any atom is -0.461 e. The molecular weight excluding hydrogens is 449 g/mol. The van der Waals surface area contributed by atoms with Gasteiger partial charge in [0.1, 0.15) is 16.5 Å². The number of benzene rings is 1. The number of rotatable bonds is 6. The number of thioether (sulfide) groups is 1. The summed E-state index contributed by atoms with van der Waals surface area (Å²) in [5, 5.41) is 11.9. The van der Waals surface area contributed by atoms with Crippen LogP contribution < -0.4 is 0 Å². The van der Waals surface area contributed by atoms with Crippen LogP contribution in [0.3, 0.4) is 0 Å². The zero-order valence-corrected chi connectivity index (χ0v) is 18.7. The van der Waals surface area contributed by atoms with Crippen molar-refractivity contribution in [3.63, 3.8) is 0 Å². The summed E-state index contributed by atoms with van der Waals surface area (Å²) in [7, 11) is 0. The van der Waals surface area contributed by atoms with Gasteiger partial charge in [-0.3, -0.25) is 9.36 Å². The summed E-state index contributed by atoms with van der Waals surface area (Å²) in [4.78, 5) is 19.1. The summed E-state index contributed by atoms with van der Waals surface area (Å²) in [5.74, 6) is 1.33. The number of hydrogen-bond acceptors (Lipinski definition) is 7. The number of amides is 1. The maximum absolute atomic E-state index is 13.5. The van der Waals surface area contributed by atoms with Gasteiger partial charge in [0.05, 0.1) is 17.7 Å². The van der Waals surface area contributed by atoms with Gasteiger partial charge in [0, 0.05) is 18.5 Å². The van der Waals surface area contributed by atoms with Crippen molar-refractivity contribution in [1.29, 1.82) is 0 Å². The van der Waals surface area contributed by atoms with Crippen molar-refractivity contribution in [3.8, 4) is 17.3 Å². The van der Waals surface area contributed by atoms with E-state index in [0.717, 1.165) is 36.6 Å². The van der Waals surface area contributed by atoms with Crippen LogP contribution in [0.25, 0.3) is 17.3 Å². The number of furan rings is 1. The van der Waals surface area contributed by atoms with Gasteiger partial charge in [-0.2, -0.15) is 0 Å². The molecule has 1 saturated heterocycles. The maximum atomic E-state index is 13.5. The number of nitrogens with zero attached hydrogens (tertiary/aromatic N) is 5. The highest BCUT2D eigenvalue weighted by molar-refractivity contribution is 7.98. The molecule has 1 aromatic carbocycles. The van der Waals surface area contributed by atoms with Crippen molar-refractivity contribution in [1.82, 2.24) is 24.6 Å². The van der Waals surface area contributed by atoms with Gasteiger partial charge in [-0.05, 0) is 55.7 Å². The fourth-order valence-electron chi connectivity index (χ4n) is 3.61. The second-order valence-corrected chi connectivity index (χ2v) is 9.25. The lowest BCUT2D eigenvalue weighted by Crippen LogP contribution is -2.35. The fraction of sp³-hybridized carbons (Fsp3) is 0.273. The van der Waals surface area contributed by atoms with Crippen molar-refractivity contribution in [2.24, 2.45) is 0 Å². The molecule has 4 heterocycles. The van der Waals surface area contributed by atoms with Crippen LogP contribution in [0.15, 0.2) is 57.6 Å². The van der Waals surface area contributed by atoms with Gasteiger partial charge >= 0.3 is 0 Å². The zero-order chi connectivity index (χ0) is 21.9. The smallest absolute Gasteiger partial charge is 0.273 e. The average Bonchev–Trinajstić information content (AvgIpc) is 3.59. The van der Waals surface area contributed by atoms with Crippen molar-refractivity contribution in [2.45, 2.75) is 30.2 Å². The lowest BCUT2D eigenvalue weighted by molar-refractivity contribution is 0.0719. The molecular formula is C22H20FN5O2S2. The molecule has 3 aromatic heterocycles. The summed E-state index contributed by atoms with van der Waals surface area (Å²) >= 11 is 2.92. The molecule has 0 saturated carbocycles. The molecule has 1 aliphatic heterocycles. The lowest BCUT2D eigenvalue weighted by atomic mass is 10.1. The van der Waals surface area contributed by atoms with Crippen LogP contribution in [0.5, 0.6) is 0 Å². The van der Waals surface area contributed by atoms with Gasteiger partial charge in [0.2, 0.25) is 5.82 Å². The zero-order valence-electron chi connectivity index (χ0n) is 17.1. The largest absolute Gasteiger partial charge is 0.461 e. The van der Waals surface area contributed by atoms with Crippen molar-refractivity contribution >= 4 is 29.0 Å². The molecule has 0 spiro atoms. The highest BCUT2D eigenvalue weighted by Gasteiger charge is 2.22. The van der Waals surface area contributed by atoms with Gasteiger partial charge in [0.15, 0.2) is 10.9 Å². The first-order valence-electron chi connectivity index (χ1n) is 10.3. The highest BCUT2D eigenvalue weighted by Crippen LogP contribution is 2.31. The van der Waals surface area contributed by atoms with E-state index in [9.17, 15) is 9.18 Å². The Morgan fingerprint density at radius 1 is 1.12 bits per heavy atom. The van der Waals surface area contributed by atoms with Crippen LogP contribution in [-0.2, 0) is 5.75 Å². The van der Waals surface area contributed by atoms with Crippen molar-refractivity contribution in [3.05, 3.63) is 64.6 Å². The molecule has 1 amide bonds. The number of carbonyl (C=O) groups excluding carboxylic acids is 1. The second kappa shape index (κ2) is 9.25. The Kier molecular flexibility index (Phi) is 6.04. The summed E-state index contributed by atoms with van der Waals surface area (Å²) in [5.41, 5.74) is 1.23. The van der Waals surface area contributed by atoms with E-state index in [2.05, 4.69) is 15.2 Å².